The number of carbonyl (C=O) groups is 1. The highest BCUT2D eigenvalue weighted by molar-refractivity contribution is 5.92. The van der Waals surface area contributed by atoms with Crippen molar-refractivity contribution in [1.29, 1.82) is 0 Å². The van der Waals surface area contributed by atoms with Crippen LogP contribution in [0, 0.1) is 19.8 Å². The van der Waals surface area contributed by atoms with Crippen LogP contribution in [0.1, 0.15) is 36.8 Å². The summed E-state index contributed by atoms with van der Waals surface area (Å²) in [5.74, 6) is 0.199. The smallest absolute Gasteiger partial charge is 0.227 e. The van der Waals surface area contributed by atoms with Gasteiger partial charge in [-0.05, 0) is 56.4 Å². The topological polar surface area (TPSA) is 55.1 Å². The summed E-state index contributed by atoms with van der Waals surface area (Å²) in [5.41, 5.74) is 9.17. The van der Waals surface area contributed by atoms with E-state index >= 15 is 0 Å². The number of benzene rings is 1. The average molecular weight is 283 g/mol. The Morgan fingerprint density at radius 1 is 1.21 bits per heavy atom. The summed E-state index contributed by atoms with van der Waals surface area (Å²) in [6, 6.07) is 6.31. The van der Waals surface area contributed by atoms with Crippen molar-refractivity contribution in [3.8, 4) is 0 Å². The van der Waals surface area contributed by atoms with Crippen molar-refractivity contribution in [3.63, 3.8) is 0 Å². The molecule has 0 saturated heterocycles. The number of hydrogen-bond donors (Lipinski definition) is 2. The van der Waals surface area contributed by atoms with Crippen molar-refractivity contribution in [2.24, 2.45) is 11.7 Å². The van der Waals surface area contributed by atoms with Gasteiger partial charge in [0.1, 0.15) is 0 Å². The van der Waals surface area contributed by atoms with Crippen molar-refractivity contribution in [2.45, 2.75) is 45.6 Å². The Bertz CT molecular complexity index is 428. The zero-order valence-electron chi connectivity index (χ0n) is 11.6. The lowest BCUT2D eigenvalue weighted by molar-refractivity contribution is -0.120. The van der Waals surface area contributed by atoms with Crippen molar-refractivity contribution in [2.75, 3.05) is 5.32 Å². The first kappa shape index (κ1) is 16.0. The summed E-state index contributed by atoms with van der Waals surface area (Å²) in [5, 5.41) is 3.02. The number of amides is 1. The van der Waals surface area contributed by atoms with Crippen LogP contribution < -0.4 is 11.1 Å². The summed E-state index contributed by atoms with van der Waals surface area (Å²) in [4.78, 5) is 12.2. The first-order valence-electron chi connectivity index (χ1n) is 6.69. The third-order valence-corrected chi connectivity index (χ3v) is 3.57. The molecule has 1 aliphatic rings. The monoisotopic (exact) mass is 282 g/mol. The number of rotatable bonds is 2. The Morgan fingerprint density at radius 2 is 1.84 bits per heavy atom. The predicted molar refractivity (Wildman–Crippen MR) is 81.7 cm³/mol. The van der Waals surface area contributed by atoms with Gasteiger partial charge >= 0.3 is 0 Å². The largest absolute Gasteiger partial charge is 0.328 e. The number of aryl methyl sites for hydroxylation is 2. The van der Waals surface area contributed by atoms with Gasteiger partial charge in [-0.2, -0.15) is 0 Å². The van der Waals surface area contributed by atoms with Gasteiger partial charge in [-0.3, -0.25) is 4.79 Å². The number of halogens is 1. The lowest BCUT2D eigenvalue weighted by Crippen LogP contribution is -2.34. The Morgan fingerprint density at radius 3 is 2.42 bits per heavy atom. The maximum Gasteiger partial charge on any atom is 0.227 e. The molecule has 0 aliphatic heterocycles. The molecule has 0 heterocycles. The lowest BCUT2D eigenvalue weighted by atomic mass is 9.85. The van der Waals surface area contributed by atoms with Crippen LogP contribution in [0.2, 0.25) is 0 Å². The molecule has 1 amide bonds. The second kappa shape index (κ2) is 6.92. The van der Waals surface area contributed by atoms with Crippen molar-refractivity contribution < 1.29 is 4.79 Å². The van der Waals surface area contributed by atoms with Crippen LogP contribution in [-0.2, 0) is 4.79 Å². The minimum atomic E-state index is 0. The van der Waals surface area contributed by atoms with Gasteiger partial charge in [-0.25, -0.2) is 0 Å². The molecule has 0 spiro atoms. The van der Waals surface area contributed by atoms with E-state index in [1.807, 2.05) is 26.0 Å². The molecule has 19 heavy (non-hydrogen) atoms. The molecule has 1 saturated carbocycles. The highest BCUT2D eigenvalue weighted by Crippen LogP contribution is 2.25. The van der Waals surface area contributed by atoms with Crippen molar-refractivity contribution in [3.05, 3.63) is 29.3 Å². The van der Waals surface area contributed by atoms with Crippen LogP contribution in [-0.4, -0.2) is 11.9 Å². The molecule has 1 aromatic rings. The molecule has 2 atom stereocenters. The first-order valence-corrected chi connectivity index (χ1v) is 6.69. The summed E-state index contributed by atoms with van der Waals surface area (Å²) in [6.07, 6.45) is 3.89. The number of anilines is 1. The van der Waals surface area contributed by atoms with Crippen LogP contribution in [0.5, 0.6) is 0 Å². The van der Waals surface area contributed by atoms with Gasteiger partial charge in [-0.15, -0.1) is 12.4 Å². The second-order valence-corrected chi connectivity index (χ2v) is 5.49. The Hall–Kier alpha value is -1.06. The molecular formula is C15H23ClN2O. The van der Waals surface area contributed by atoms with Crippen LogP contribution in [0.4, 0.5) is 5.69 Å². The van der Waals surface area contributed by atoms with Crippen LogP contribution in [0.25, 0.3) is 0 Å². The highest BCUT2D eigenvalue weighted by atomic mass is 35.5. The number of hydrogen-bond acceptors (Lipinski definition) is 2. The molecule has 0 radical (unpaired) electrons. The Kier molecular flexibility index (Phi) is 5.83. The van der Waals surface area contributed by atoms with Crippen LogP contribution in [0.15, 0.2) is 18.2 Å². The van der Waals surface area contributed by atoms with E-state index in [9.17, 15) is 4.79 Å². The normalized spacial score (nSPS) is 22.5. The summed E-state index contributed by atoms with van der Waals surface area (Å²) in [6.45, 7) is 4.08. The quantitative estimate of drug-likeness (QED) is 0.875. The fourth-order valence-corrected chi connectivity index (χ4v) is 2.76. The van der Waals surface area contributed by atoms with Gasteiger partial charge in [0.05, 0.1) is 0 Å². The maximum absolute atomic E-state index is 12.2. The zero-order valence-corrected chi connectivity index (χ0v) is 12.4. The number of nitrogens with two attached hydrogens (primary N) is 1. The number of carbonyl (C=O) groups excluding carboxylic acids is 1. The van der Waals surface area contributed by atoms with Crippen LogP contribution >= 0.6 is 12.4 Å². The van der Waals surface area contributed by atoms with Gasteiger partial charge in [-0.1, -0.05) is 12.5 Å². The lowest BCUT2D eigenvalue weighted by Gasteiger charge is -2.25. The van der Waals surface area contributed by atoms with E-state index in [0.717, 1.165) is 31.4 Å². The van der Waals surface area contributed by atoms with Gasteiger partial charge in [0.15, 0.2) is 0 Å². The molecule has 3 nitrogen and oxygen atoms in total. The summed E-state index contributed by atoms with van der Waals surface area (Å²) in [7, 11) is 0. The van der Waals surface area contributed by atoms with Gasteiger partial charge in [0, 0.05) is 17.6 Å². The molecule has 2 unspecified atom stereocenters. The van der Waals surface area contributed by atoms with Crippen LogP contribution in [0.3, 0.4) is 0 Å². The van der Waals surface area contributed by atoms with Gasteiger partial charge in [0.25, 0.3) is 0 Å². The van der Waals surface area contributed by atoms with E-state index in [1.54, 1.807) is 0 Å². The first-order chi connectivity index (χ1) is 8.54. The highest BCUT2D eigenvalue weighted by Gasteiger charge is 2.25. The van der Waals surface area contributed by atoms with E-state index in [0.29, 0.717) is 0 Å². The molecule has 1 aromatic carbocycles. The molecule has 0 aromatic heterocycles. The van der Waals surface area contributed by atoms with Crippen molar-refractivity contribution >= 4 is 24.0 Å². The zero-order chi connectivity index (χ0) is 13.1. The van der Waals surface area contributed by atoms with E-state index < -0.39 is 0 Å². The SMILES string of the molecule is Cc1cc(C)cc(NC(=O)C2CCCC(N)C2)c1.Cl. The van der Waals surface area contributed by atoms with E-state index in [2.05, 4.69) is 11.4 Å². The van der Waals surface area contributed by atoms with E-state index in [4.69, 9.17) is 5.73 Å². The summed E-state index contributed by atoms with van der Waals surface area (Å²) >= 11 is 0. The molecule has 4 heteroatoms. The Labute approximate surface area is 121 Å². The fraction of sp³-hybridized carbons (Fsp3) is 0.533. The summed E-state index contributed by atoms with van der Waals surface area (Å²) < 4.78 is 0. The van der Waals surface area contributed by atoms with Gasteiger partial charge < -0.3 is 11.1 Å². The van der Waals surface area contributed by atoms with Gasteiger partial charge in [0.2, 0.25) is 5.91 Å². The predicted octanol–water partition coefficient (Wildman–Crippen LogP) is 3.18. The fourth-order valence-electron chi connectivity index (χ4n) is 2.76. The molecule has 106 valence electrons. The third-order valence-electron chi connectivity index (χ3n) is 3.57. The van der Waals surface area contributed by atoms with E-state index in [1.165, 1.54) is 11.1 Å². The van der Waals surface area contributed by atoms with Crippen molar-refractivity contribution in [1.82, 2.24) is 0 Å². The minimum absolute atomic E-state index is 0. The standard InChI is InChI=1S/C15H22N2O.ClH/c1-10-6-11(2)8-14(7-10)17-15(18)12-4-3-5-13(16)9-12;/h6-8,12-13H,3-5,9,16H2,1-2H3,(H,17,18);1H. The Balaban J connectivity index is 0.00000180. The molecule has 1 fully saturated rings. The third kappa shape index (κ3) is 4.51. The van der Waals surface area contributed by atoms with E-state index in [-0.39, 0.29) is 30.3 Å². The second-order valence-electron chi connectivity index (χ2n) is 5.49. The molecule has 1 aliphatic carbocycles. The minimum Gasteiger partial charge on any atom is -0.328 e. The molecule has 2 rings (SSSR count). The molecule has 3 N–H and O–H groups in total. The average Bonchev–Trinajstić information content (AvgIpc) is 2.27. The maximum atomic E-state index is 12.2. The molecule has 0 bridgehead atoms. The molecular weight excluding hydrogens is 260 g/mol. The number of nitrogens with one attached hydrogen (secondary N) is 1.